The molecule has 132 valence electrons. The van der Waals surface area contributed by atoms with Crippen molar-refractivity contribution in [3.05, 3.63) is 17.8 Å². The maximum Gasteiger partial charge on any atom is 0.303 e. The monoisotopic (exact) mass is 339 g/mol. The lowest BCUT2D eigenvalue weighted by Gasteiger charge is -2.28. The van der Waals surface area contributed by atoms with Crippen LogP contribution in [0.3, 0.4) is 0 Å². The standard InChI is InChI=1S/C16H22FN3O4/c1-5-12-13(17)14(19-9-18-12)23-11-6-7-20(8-11)15(22)16(3,4)24-10(2)21/h9,11H,5-8H2,1-4H3. The summed E-state index contributed by atoms with van der Waals surface area (Å²) in [4.78, 5) is 32.8. The zero-order chi connectivity index (χ0) is 17.9. The highest BCUT2D eigenvalue weighted by atomic mass is 19.1. The highest BCUT2D eigenvalue weighted by Crippen LogP contribution is 2.23. The maximum absolute atomic E-state index is 14.1. The first-order valence-corrected chi connectivity index (χ1v) is 7.89. The smallest absolute Gasteiger partial charge is 0.303 e. The molecule has 1 fully saturated rings. The van der Waals surface area contributed by atoms with Crippen LogP contribution in [0.1, 0.15) is 39.8 Å². The molecule has 0 radical (unpaired) electrons. The summed E-state index contributed by atoms with van der Waals surface area (Å²) >= 11 is 0. The number of rotatable bonds is 5. The number of hydrogen-bond acceptors (Lipinski definition) is 6. The fourth-order valence-corrected chi connectivity index (χ4v) is 2.67. The topological polar surface area (TPSA) is 81.6 Å². The number of nitrogens with zero attached hydrogens (tertiary/aromatic N) is 3. The summed E-state index contributed by atoms with van der Waals surface area (Å²) in [7, 11) is 0. The highest BCUT2D eigenvalue weighted by molar-refractivity contribution is 5.87. The van der Waals surface area contributed by atoms with Gasteiger partial charge in [0.25, 0.3) is 11.8 Å². The van der Waals surface area contributed by atoms with E-state index in [1.165, 1.54) is 13.3 Å². The number of carbonyl (C=O) groups excluding carboxylic acids is 2. The van der Waals surface area contributed by atoms with Crippen molar-refractivity contribution in [2.24, 2.45) is 0 Å². The lowest BCUT2D eigenvalue weighted by atomic mass is 10.1. The molecule has 1 aliphatic rings. The van der Waals surface area contributed by atoms with Crippen molar-refractivity contribution in [1.82, 2.24) is 14.9 Å². The van der Waals surface area contributed by atoms with Gasteiger partial charge < -0.3 is 14.4 Å². The fraction of sp³-hybridized carbons (Fsp3) is 0.625. The van der Waals surface area contributed by atoms with Crippen molar-refractivity contribution in [3.63, 3.8) is 0 Å². The number of esters is 1. The lowest BCUT2D eigenvalue weighted by molar-refractivity contribution is -0.168. The zero-order valence-corrected chi connectivity index (χ0v) is 14.3. The van der Waals surface area contributed by atoms with Crippen molar-refractivity contribution in [3.8, 4) is 5.88 Å². The summed E-state index contributed by atoms with van der Waals surface area (Å²) in [5.41, 5.74) is -0.946. The molecule has 1 unspecified atom stereocenters. The molecule has 7 nitrogen and oxygen atoms in total. The summed E-state index contributed by atoms with van der Waals surface area (Å²) in [6.45, 7) is 6.87. The Morgan fingerprint density at radius 2 is 2.12 bits per heavy atom. The molecule has 1 aromatic heterocycles. The zero-order valence-electron chi connectivity index (χ0n) is 14.3. The summed E-state index contributed by atoms with van der Waals surface area (Å²) in [6.07, 6.45) is 1.89. The van der Waals surface area contributed by atoms with Crippen LogP contribution < -0.4 is 4.74 Å². The van der Waals surface area contributed by atoms with Gasteiger partial charge in [-0.25, -0.2) is 4.98 Å². The normalized spacial score (nSPS) is 17.7. The van der Waals surface area contributed by atoms with Gasteiger partial charge in [-0.15, -0.1) is 0 Å². The average Bonchev–Trinajstić information content (AvgIpc) is 2.95. The largest absolute Gasteiger partial charge is 0.470 e. The Labute approximate surface area is 140 Å². The molecule has 1 saturated heterocycles. The van der Waals surface area contributed by atoms with Crippen LogP contribution in [0.25, 0.3) is 0 Å². The van der Waals surface area contributed by atoms with Crippen LogP contribution in [0.4, 0.5) is 4.39 Å². The lowest BCUT2D eigenvalue weighted by Crippen LogP contribution is -2.47. The van der Waals surface area contributed by atoms with Gasteiger partial charge in [-0.2, -0.15) is 9.37 Å². The van der Waals surface area contributed by atoms with Gasteiger partial charge in [-0.3, -0.25) is 9.59 Å². The second-order valence-corrected chi connectivity index (χ2v) is 6.18. The van der Waals surface area contributed by atoms with Crippen molar-refractivity contribution >= 4 is 11.9 Å². The predicted molar refractivity (Wildman–Crippen MR) is 82.8 cm³/mol. The molecule has 0 spiro atoms. The fourth-order valence-electron chi connectivity index (χ4n) is 2.67. The van der Waals surface area contributed by atoms with E-state index in [0.29, 0.717) is 25.1 Å². The van der Waals surface area contributed by atoms with Gasteiger partial charge in [0.2, 0.25) is 5.82 Å². The van der Waals surface area contributed by atoms with Crippen molar-refractivity contribution in [2.45, 2.75) is 52.2 Å². The third-order valence-corrected chi connectivity index (χ3v) is 3.79. The first kappa shape index (κ1) is 18.1. The van der Waals surface area contributed by atoms with E-state index in [4.69, 9.17) is 9.47 Å². The molecule has 0 saturated carbocycles. The molecule has 1 aromatic rings. The summed E-state index contributed by atoms with van der Waals surface area (Å²) < 4.78 is 24.8. The Hall–Kier alpha value is -2.25. The maximum atomic E-state index is 14.1. The van der Waals surface area contributed by atoms with Gasteiger partial charge in [0.15, 0.2) is 5.60 Å². The molecule has 0 bridgehead atoms. The molecule has 24 heavy (non-hydrogen) atoms. The minimum atomic E-state index is -1.24. The molecule has 0 aliphatic carbocycles. The van der Waals surface area contributed by atoms with Crippen LogP contribution in [0, 0.1) is 5.82 Å². The minimum Gasteiger partial charge on any atom is -0.470 e. The van der Waals surface area contributed by atoms with Crippen molar-refractivity contribution < 1.29 is 23.5 Å². The number of likely N-dealkylation sites (tertiary alicyclic amines) is 1. The van der Waals surface area contributed by atoms with Crippen LogP contribution in [0.5, 0.6) is 5.88 Å². The Morgan fingerprint density at radius 3 is 2.75 bits per heavy atom. The second-order valence-electron chi connectivity index (χ2n) is 6.18. The first-order valence-electron chi connectivity index (χ1n) is 7.89. The van der Waals surface area contributed by atoms with Gasteiger partial charge in [-0.1, -0.05) is 6.92 Å². The van der Waals surface area contributed by atoms with E-state index >= 15 is 0 Å². The van der Waals surface area contributed by atoms with E-state index in [0.717, 1.165) is 0 Å². The van der Waals surface area contributed by atoms with Crippen molar-refractivity contribution in [1.29, 1.82) is 0 Å². The van der Waals surface area contributed by atoms with Crippen LogP contribution in [0.2, 0.25) is 0 Å². The number of aromatic nitrogens is 2. The highest BCUT2D eigenvalue weighted by Gasteiger charge is 2.39. The van der Waals surface area contributed by atoms with Gasteiger partial charge in [0.1, 0.15) is 12.4 Å². The van der Waals surface area contributed by atoms with Crippen LogP contribution >= 0.6 is 0 Å². The Morgan fingerprint density at radius 1 is 1.42 bits per heavy atom. The summed E-state index contributed by atoms with van der Waals surface area (Å²) in [5, 5.41) is 0. The molecule has 2 heterocycles. The molecular formula is C16H22FN3O4. The number of halogens is 1. The molecule has 0 N–H and O–H groups in total. The minimum absolute atomic E-state index is 0.0969. The van der Waals surface area contributed by atoms with Crippen LogP contribution in [-0.2, 0) is 20.7 Å². The van der Waals surface area contributed by atoms with E-state index < -0.39 is 17.4 Å². The van der Waals surface area contributed by atoms with Gasteiger partial charge in [0.05, 0.1) is 12.2 Å². The van der Waals surface area contributed by atoms with E-state index in [1.807, 2.05) is 0 Å². The number of carbonyl (C=O) groups is 2. The van der Waals surface area contributed by atoms with E-state index in [1.54, 1.807) is 25.7 Å². The third-order valence-electron chi connectivity index (χ3n) is 3.79. The molecule has 8 heteroatoms. The number of ether oxygens (including phenoxy) is 2. The predicted octanol–water partition coefficient (Wildman–Crippen LogP) is 1.50. The van der Waals surface area contributed by atoms with Gasteiger partial charge >= 0.3 is 5.97 Å². The van der Waals surface area contributed by atoms with E-state index in [9.17, 15) is 14.0 Å². The Bertz CT molecular complexity index is 636. The number of amides is 1. The number of aryl methyl sites for hydroxylation is 1. The SMILES string of the molecule is CCc1ncnc(OC2CCN(C(=O)C(C)(C)OC(C)=O)C2)c1F. The van der Waals surface area contributed by atoms with Crippen molar-refractivity contribution in [2.75, 3.05) is 13.1 Å². The molecule has 1 aliphatic heterocycles. The molecule has 1 amide bonds. The van der Waals surface area contributed by atoms with E-state index in [2.05, 4.69) is 9.97 Å². The van der Waals surface area contributed by atoms with Crippen LogP contribution in [0.15, 0.2) is 6.33 Å². The third kappa shape index (κ3) is 3.98. The number of hydrogen-bond donors (Lipinski definition) is 0. The Balaban J connectivity index is 2.01. The average molecular weight is 339 g/mol. The van der Waals surface area contributed by atoms with Gasteiger partial charge in [0, 0.05) is 19.9 Å². The van der Waals surface area contributed by atoms with Crippen LogP contribution in [-0.4, -0.2) is 51.5 Å². The first-order chi connectivity index (χ1) is 11.2. The summed E-state index contributed by atoms with van der Waals surface area (Å²) in [5.74, 6) is -1.48. The molecular weight excluding hydrogens is 317 g/mol. The summed E-state index contributed by atoms with van der Waals surface area (Å²) in [6, 6.07) is 0. The molecule has 1 atom stereocenters. The van der Waals surface area contributed by atoms with E-state index in [-0.39, 0.29) is 24.4 Å². The quantitative estimate of drug-likeness (QED) is 0.756. The second kappa shape index (κ2) is 7.11. The van der Waals surface area contributed by atoms with Gasteiger partial charge in [-0.05, 0) is 20.3 Å². The molecule has 0 aromatic carbocycles. The molecule has 2 rings (SSSR count). The Kier molecular flexibility index (Phi) is 5.36.